The Bertz CT molecular complexity index is 890. The van der Waals surface area contributed by atoms with Crippen LogP contribution in [0.2, 0.25) is 0 Å². The number of hydrogen-bond donors (Lipinski definition) is 1. The number of halogens is 1. The minimum Gasteiger partial charge on any atom is -0.465 e. The predicted octanol–water partition coefficient (Wildman–Crippen LogP) is 3.73. The molecule has 0 saturated carbocycles. The normalized spacial score (nSPS) is 10.7. The van der Waals surface area contributed by atoms with Crippen molar-refractivity contribution >= 4 is 32.9 Å². The van der Waals surface area contributed by atoms with Gasteiger partial charge in [0.05, 0.1) is 31.3 Å². The van der Waals surface area contributed by atoms with Gasteiger partial charge in [-0.05, 0) is 36.8 Å². The number of methoxy groups -OCH3 is 1. The van der Waals surface area contributed by atoms with Gasteiger partial charge < -0.3 is 14.9 Å². The van der Waals surface area contributed by atoms with Crippen LogP contribution in [-0.2, 0) is 11.3 Å². The van der Waals surface area contributed by atoms with E-state index in [4.69, 9.17) is 9.47 Å². The van der Waals surface area contributed by atoms with E-state index in [1.165, 1.54) is 7.11 Å². The Balaban J connectivity index is 2.02. The van der Waals surface area contributed by atoms with E-state index in [1.54, 1.807) is 16.8 Å². The monoisotopic (exact) mass is 403 g/mol. The highest BCUT2D eigenvalue weighted by atomic mass is 79.9. The Morgan fingerprint density at radius 2 is 2.00 bits per heavy atom. The van der Waals surface area contributed by atoms with E-state index in [0.29, 0.717) is 35.8 Å². The van der Waals surface area contributed by atoms with Gasteiger partial charge in [0.25, 0.3) is 0 Å². The SMILES string of the molecule is CCOc1nc2cccc(C(=O)OC)c2n1NCc1ccc(Br)cc1. The first-order chi connectivity index (χ1) is 12.1. The van der Waals surface area contributed by atoms with E-state index in [2.05, 4.69) is 26.3 Å². The molecule has 7 heteroatoms. The van der Waals surface area contributed by atoms with E-state index in [-0.39, 0.29) is 0 Å². The van der Waals surface area contributed by atoms with Crippen molar-refractivity contribution in [3.8, 4) is 6.01 Å². The maximum atomic E-state index is 12.1. The first-order valence-electron chi connectivity index (χ1n) is 7.85. The highest BCUT2D eigenvalue weighted by molar-refractivity contribution is 9.10. The molecule has 0 saturated heterocycles. The summed E-state index contributed by atoms with van der Waals surface area (Å²) in [6, 6.07) is 13.7. The van der Waals surface area contributed by atoms with Crippen molar-refractivity contribution in [2.24, 2.45) is 0 Å². The Morgan fingerprint density at radius 3 is 2.68 bits per heavy atom. The number of esters is 1. The lowest BCUT2D eigenvalue weighted by Crippen LogP contribution is -2.18. The third-order valence-corrected chi connectivity index (χ3v) is 4.21. The van der Waals surface area contributed by atoms with Crippen LogP contribution < -0.4 is 10.2 Å². The molecule has 0 bridgehead atoms. The first kappa shape index (κ1) is 17.3. The van der Waals surface area contributed by atoms with Crippen LogP contribution in [0.3, 0.4) is 0 Å². The molecule has 1 N–H and O–H groups in total. The van der Waals surface area contributed by atoms with Crippen LogP contribution in [0.1, 0.15) is 22.8 Å². The van der Waals surface area contributed by atoms with Gasteiger partial charge in [-0.2, -0.15) is 4.98 Å². The Labute approximate surface area is 153 Å². The van der Waals surface area contributed by atoms with Crippen molar-refractivity contribution in [1.82, 2.24) is 9.66 Å². The predicted molar refractivity (Wildman–Crippen MR) is 99.4 cm³/mol. The lowest BCUT2D eigenvalue weighted by atomic mass is 10.2. The highest BCUT2D eigenvalue weighted by Gasteiger charge is 2.19. The number of carbonyl (C=O) groups is 1. The lowest BCUT2D eigenvalue weighted by Gasteiger charge is -2.13. The number of benzene rings is 2. The summed E-state index contributed by atoms with van der Waals surface area (Å²) >= 11 is 3.43. The fourth-order valence-electron chi connectivity index (χ4n) is 2.53. The van der Waals surface area contributed by atoms with Gasteiger partial charge in [0.1, 0.15) is 5.52 Å². The molecule has 0 aliphatic heterocycles. The molecule has 130 valence electrons. The van der Waals surface area contributed by atoms with E-state index in [9.17, 15) is 4.79 Å². The molecule has 0 atom stereocenters. The number of hydrogen-bond acceptors (Lipinski definition) is 5. The number of fused-ring (bicyclic) bond motifs is 1. The van der Waals surface area contributed by atoms with Crippen LogP contribution in [0.4, 0.5) is 0 Å². The van der Waals surface area contributed by atoms with Gasteiger partial charge in [-0.3, -0.25) is 0 Å². The van der Waals surface area contributed by atoms with Gasteiger partial charge >= 0.3 is 12.0 Å². The second kappa shape index (κ2) is 7.57. The number of nitrogens with one attached hydrogen (secondary N) is 1. The first-order valence-corrected chi connectivity index (χ1v) is 8.64. The molecule has 2 aromatic carbocycles. The molecule has 0 amide bonds. The Kier molecular flexibility index (Phi) is 5.23. The number of imidazole rings is 1. The van der Waals surface area contributed by atoms with Gasteiger partial charge in [0.15, 0.2) is 0 Å². The molecule has 0 aliphatic rings. The van der Waals surface area contributed by atoms with E-state index >= 15 is 0 Å². The zero-order valence-electron chi connectivity index (χ0n) is 14.0. The molecule has 0 radical (unpaired) electrons. The topological polar surface area (TPSA) is 65.4 Å². The molecule has 1 heterocycles. The van der Waals surface area contributed by atoms with Gasteiger partial charge in [0.2, 0.25) is 0 Å². The summed E-state index contributed by atoms with van der Waals surface area (Å²) in [5.74, 6) is -0.416. The number of nitrogens with zero attached hydrogens (tertiary/aromatic N) is 2. The van der Waals surface area contributed by atoms with Crippen molar-refractivity contribution in [2.75, 3.05) is 19.1 Å². The van der Waals surface area contributed by atoms with Gasteiger partial charge in [-0.1, -0.05) is 34.1 Å². The van der Waals surface area contributed by atoms with Gasteiger partial charge in [-0.25, -0.2) is 9.47 Å². The van der Waals surface area contributed by atoms with Crippen molar-refractivity contribution in [1.29, 1.82) is 0 Å². The standard InChI is InChI=1S/C18H18BrN3O3/c1-3-25-18-21-15-6-4-5-14(17(23)24-2)16(15)22(18)20-11-12-7-9-13(19)10-8-12/h4-10,20H,3,11H2,1-2H3. The number of ether oxygens (including phenoxy) is 2. The van der Waals surface area contributed by atoms with Crippen LogP contribution in [-0.4, -0.2) is 29.3 Å². The summed E-state index contributed by atoms with van der Waals surface area (Å²) in [5, 5.41) is 0. The summed E-state index contributed by atoms with van der Waals surface area (Å²) in [5.41, 5.74) is 6.10. The molecule has 6 nitrogen and oxygen atoms in total. The molecule has 3 aromatic rings. The summed E-state index contributed by atoms with van der Waals surface area (Å²) in [6.45, 7) is 2.91. The average Bonchev–Trinajstić information content (AvgIpc) is 2.98. The summed E-state index contributed by atoms with van der Waals surface area (Å²) in [4.78, 5) is 16.6. The molecule has 0 aliphatic carbocycles. The minimum atomic E-state index is -0.416. The molecule has 0 unspecified atom stereocenters. The number of carbonyl (C=O) groups excluding carboxylic acids is 1. The molecular weight excluding hydrogens is 386 g/mol. The molecule has 25 heavy (non-hydrogen) atoms. The zero-order chi connectivity index (χ0) is 17.8. The third kappa shape index (κ3) is 3.61. The van der Waals surface area contributed by atoms with Crippen molar-refractivity contribution in [3.63, 3.8) is 0 Å². The van der Waals surface area contributed by atoms with Crippen LogP contribution in [0, 0.1) is 0 Å². The largest absolute Gasteiger partial charge is 0.465 e. The Hall–Kier alpha value is -2.54. The quantitative estimate of drug-likeness (QED) is 0.635. The second-order valence-electron chi connectivity index (χ2n) is 5.29. The van der Waals surface area contributed by atoms with Crippen molar-refractivity contribution in [2.45, 2.75) is 13.5 Å². The highest BCUT2D eigenvalue weighted by Crippen LogP contribution is 2.24. The summed E-state index contributed by atoms with van der Waals surface area (Å²) < 4.78 is 13.2. The second-order valence-corrected chi connectivity index (χ2v) is 6.20. The van der Waals surface area contributed by atoms with Crippen LogP contribution in [0.25, 0.3) is 11.0 Å². The number of rotatable bonds is 6. The maximum Gasteiger partial charge on any atom is 0.340 e. The van der Waals surface area contributed by atoms with Crippen molar-refractivity contribution in [3.05, 3.63) is 58.1 Å². The summed E-state index contributed by atoms with van der Waals surface area (Å²) in [6.07, 6.45) is 0. The van der Waals surface area contributed by atoms with E-state index < -0.39 is 5.97 Å². The molecule has 0 fully saturated rings. The molecule has 3 rings (SSSR count). The average molecular weight is 404 g/mol. The third-order valence-electron chi connectivity index (χ3n) is 3.68. The van der Waals surface area contributed by atoms with Crippen LogP contribution in [0.5, 0.6) is 6.01 Å². The van der Waals surface area contributed by atoms with E-state index in [1.807, 2.05) is 37.3 Å². The minimum absolute atomic E-state index is 0.408. The fraction of sp³-hybridized carbons (Fsp3) is 0.222. The zero-order valence-corrected chi connectivity index (χ0v) is 15.5. The van der Waals surface area contributed by atoms with E-state index in [0.717, 1.165) is 10.0 Å². The Morgan fingerprint density at radius 1 is 1.24 bits per heavy atom. The number of para-hydroxylation sites is 1. The maximum absolute atomic E-state index is 12.1. The number of aromatic nitrogens is 2. The van der Waals surface area contributed by atoms with Crippen LogP contribution in [0.15, 0.2) is 46.9 Å². The molecular formula is C18H18BrN3O3. The fourth-order valence-corrected chi connectivity index (χ4v) is 2.79. The van der Waals surface area contributed by atoms with Crippen LogP contribution >= 0.6 is 15.9 Å². The van der Waals surface area contributed by atoms with Gasteiger partial charge in [0, 0.05) is 4.47 Å². The lowest BCUT2D eigenvalue weighted by molar-refractivity contribution is 0.0602. The summed E-state index contributed by atoms with van der Waals surface area (Å²) in [7, 11) is 1.36. The van der Waals surface area contributed by atoms with Crippen molar-refractivity contribution < 1.29 is 14.3 Å². The molecule has 0 spiro atoms. The smallest absolute Gasteiger partial charge is 0.340 e. The molecule has 1 aromatic heterocycles. The van der Waals surface area contributed by atoms with Gasteiger partial charge in [-0.15, -0.1) is 0 Å².